The molecule has 0 bridgehead atoms. The van der Waals surface area contributed by atoms with E-state index in [9.17, 15) is 8.78 Å². The Labute approximate surface area is 81.1 Å². The van der Waals surface area contributed by atoms with Crippen molar-refractivity contribution in [1.29, 1.82) is 0 Å². The predicted octanol–water partition coefficient (Wildman–Crippen LogP) is 2.05. The second-order valence-electron chi connectivity index (χ2n) is 3.57. The van der Waals surface area contributed by atoms with Crippen LogP contribution in [0.3, 0.4) is 0 Å². The molecule has 1 aromatic rings. The summed E-state index contributed by atoms with van der Waals surface area (Å²) in [5.41, 5.74) is 0.590. The summed E-state index contributed by atoms with van der Waals surface area (Å²) in [4.78, 5) is 1.84. The lowest BCUT2D eigenvalue weighted by Crippen LogP contribution is -2.29. The normalized spacial score (nSPS) is 16.3. The molecule has 14 heavy (non-hydrogen) atoms. The van der Waals surface area contributed by atoms with Crippen LogP contribution in [-0.4, -0.2) is 18.7 Å². The molecule has 0 saturated heterocycles. The molecule has 2 rings (SSSR count). The molecule has 1 aliphatic heterocycles. The van der Waals surface area contributed by atoms with Crippen molar-refractivity contribution in [2.24, 2.45) is 0 Å². The van der Waals surface area contributed by atoms with Crippen molar-refractivity contribution in [2.45, 2.75) is 13.5 Å². The van der Waals surface area contributed by atoms with Crippen LogP contribution in [0.2, 0.25) is 0 Å². The maximum absolute atomic E-state index is 13.5. The molecule has 0 saturated carbocycles. The molecule has 0 N–H and O–H groups in total. The van der Waals surface area contributed by atoms with Gasteiger partial charge < -0.3 is 4.74 Å². The molecule has 1 heterocycles. The number of hydrogen-bond donors (Lipinski definition) is 0. The van der Waals surface area contributed by atoms with Crippen molar-refractivity contribution in [3.63, 3.8) is 0 Å². The van der Waals surface area contributed by atoms with Crippen molar-refractivity contribution in [3.05, 3.63) is 28.8 Å². The van der Waals surface area contributed by atoms with E-state index >= 15 is 0 Å². The molecule has 4 heteroatoms. The Hall–Kier alpha value is -1.16. The summed E-state index contributed by atoms with van der Waals surface area (Å²) in [5, 5.41) is 0. The number of halogens is 2. The molecule has 0 aromatic heterocycles. The number of rotatable bonds is 0. The Morgan fingerprint density at radius 2 is 2.14 bits per heavy atom. The zero-order valence-electron chi connectivity index (χ0n) is 8.10. The van der Waals surface area contributed by atoms with Crippen molar-refractivity contribution in [3.8, 4) is 5.75 Å². The summed E-state index contributed by atoms with van der Waals surface area (Å²) >= 11 is 0. The fraction of sp³-hybridized carbons (Fsp3) is 0.400. The van der Waals surface area contributed by atoms with E-state index in [4.69, 9.17) is 4.74 Å². The number of benzene rings is 1. The highest BCUT2D eigenvalue weighted by molar-refractivity contribution is 5.40. The molecule has 0 atom stereocenters. The van der Waals surface area contributed by atoms with Crippen LogP contribution in [0, 0.1) is 18.6 Å². The smallest absolute Gasteiger partial charge is 0.171 e. The maximum Gasteiger partial charge on any atom is 0.171 e. The fourth-order valence-corrected chi connectivity index (χ4v) is 1.53. The minimum Gasteiger partial charge on any atom is -0.475 e. The summed E-state index contributed by atoms with van der Waals surface area (Å²) in [6.07, 6.45) is 0. The van der Waals surface area contributed by atoms with Crippen molar-refractivity contribution >= 4 is 0 Å². The van der Waals surface area contributed by atoms with Crippen LogP contribution in [0.25, 0.3) is 0 Å². The van der Waals surface area contributed by atoms with Gasteiger partial charge in [-0.05, 0) is 20.0 Å². The molecule has 1 aliphatic rings. The summed E-state index contributed by atoms with van der Waals surface area (Å²) < 4.78 is 31.9. The van der Waals surface area contributed by atoms with Gasteiger partial charge >= 0.3 is 0 Å². The van der Waals surface area contributed by atoms with Crippen LogP contribution in [-0.2, 0) is 6.54 Å². The highest BCUT2D eigenvalue weighted by Crippen LogP contribution is 2.31. The van der Waals surface area contributed by atoms with Crippen molar-refractivity contribution < 1.29 is 13.5 Å². The molecule has 0 unspecified atom stereocenters. The van der Waals surface area contributed by atoms with E-state index in [1.807, 2.05) is 11.9 Å². The average molecular weight is 199 g/mol. The standard InChI is InChI=1S/C10H11F2NO/c1-6-8(11)3-7-4-13(2)5-14-10(7)9(6)12/h3H,4-5H2,1-2H3. The number of ether oxygens (including phenoxy) is 1. The Kier molecular flexibility index (Phi) is 2.15. The minimum absolute atomic E-state index is 0.0216. The minimum atomic E-state index is -0.576. The highest BCUT2D eigenvalue weighted by Gasteiger charge is 2.21. The molecular formula is C10H11F2NO. The average Bonchev–Trinajstić information content (AvgIpc) is 2.14. The summed E-state index contributed by atoms with van der Waals surface area (Å²) in [6.45, 7) is 2.27. The van der Waals surface area contributed by atoms with Crippen LogP contribution in [0.4, 0.5) is 8.78 Å². The van der Waals surface area contributed by atoms with Gasteiger partial charge in [0.15, 0.2) is 11.6 Å². The monoisotopic (exact) mass is 199 g/mol. The Balaban J connectivity index is 2.54. The van der Waals surface area contributed by atoms with Gasteiger partial charge in [-0.25, -0.2) is 8.78 Å². The third-order valence-corrected chi connectivity index (χ3v) is 2.35. The first-order valence-electron chi connectivity index (χ1n) is 4.38. The van der Waals surface area contributed by atoms with Crippen LogP contribution in [0.1, 0.15) is 11.1 Å². The molecule has 0 amide bonds. The highest BCUT2D eigenvalue weighted by atomic mass is 19.1. The molecule has 1 aromatic carbocycles. The van der Waals surface area contributed by atoms with Gasteiger partial charge in [-0.3, -0.25) is 4.90 Å². The largest absolute Gasteiger partial charge is 0.475 e. The van der Waals surface area contributed by atoms with Gasteiger partial charge in [0.25, 0.3) is 0 Å². The van der Waals surface area contributed by atoms with Gasteiger partial charge in [0, 0.05) is 17.7 Å². The number of nitrogens with zero attached hydrogens (tertiary/aromatic N) is 1. The second kappa shape index (κ2) is 3.20. The van der Waals surface area contributed by atoms with Crippen LogP contribution in [0.15, 0.2) is 6.07 Å². The van der Waals surface area contributed by atoms with Crippen LogP contribution < -0.4 is 4.74 Å². The predicted molar refractivity (Wildman–Crippen MR) is 48.1 cm³/mol. The van der Waals surface area contributed by atoms with E-state index in [-0.39, 0.29) is 11.3 Å². The fourth-order valence-electron chi connectivity index (χ4n) is 1.53. The van der Waals surface area contributed by atoms with Gasteiger partial charge in [0.05, 0.1) is 0 Å². The van der Waals surface area contributed by atoms with E-state index in [1.54, 1.807) is 0 Å². The quantitative estimate of drug-likeness (QED) is 0.634. The van der Waals surface area contributed by atoms with Gasteiger partial charge in [-0.2, -0.15) is 0 Å². The van der Waals surface area contributed by atoms with E-state index in [0.29, 0.717) is 18.8 Å². The molecule has 0 radical (unpaired) electrons. The molecule has 76 valence electrons. The SMILES string of the molecule is Cc1c(F)cc2c(c1F)OCN(C)C2. The van der Waals surface area contributed by atoms with E-state index in [1.165, 1.54) is 13.0 Å². The van der Waals surface area contributed by atoms with Gasteiger partial charge in [0.1, 0.15) is 12.5 Å². The Morgan fingerprint density at radius 3 is 2.86 bits per heavy atom. The van der Waals surface area contributed by atoms with E-state index < -0.39 is 11.6 Å². The van der Waals surface area contributed by atoms with Gasteiger partial charge in [-0.1, -0.05) is 0 Å². The summed E-state index contributed by atoms with van der Waals surface area (Å²) in [5.74, 6) is -0.893. The van der Waals surface area contributed by atoms with Crippen LogP contribution in [0.5, 0.6) is 5.75 Å². The maximum atomic E-state index is 13.5. The van der Waals surface area contributed by atoms with Gasteiger partial charge in [-0.15, -0.1) is 0 Å². The second-order valence-corrected chi connectivity index (χ2v) is 3.57. The molecular weight excluding hydrogens is 188 g/mol. The molecule has 0 aliphatic carbocycles. The number of hydrogen-bond acceptors (Lipinski definition) is 2. The zero-order chi connectivity index (χ0) is 10.3. The Morgan fingerprint density at radius 1 is 1.43 bits per heavy atom. The first-order valence-corrected chi connectivity index (χ1v) is 4.38. The van der Waals surface area contributed by atoms with E-state index in [0.717, 1.165) is 0 Å². The molecule has 0 fully saturated rings. The number of fused-ring (bicyclic) bond motifs is 1. The third kappa shape index (κ3) is 1.35. The first kappa shape index (κ1) is 9.40. The summed E-state index contributed by atoms with van der Waals surface area (Å²) in [7, 11) is 1.83. The van der Waals surface area contributed by atoms with Crippen molar-refractivity contribution in [1.82, 2.24) is 4.90 Å². The zero-order valence-corrected chi connectivity index (χ0v) is 8.10. The Bertz CT molecular complexity index is 379. The van der Waals surface area contributed by atoms with Gasteiger partial charge in [0.2, 0.25) is 0 Å². The van der Waals surface area contributed by atoms with Crippen molar-refractivity contribution in [2.75, 3.05) is 13.8 Å². The first-order chi connectivity index (χ1) is 6.59. The lowest BCUT2D eigenvalue weighted by molar-refractivity contribution is 0.115. The molecule has 0 spiro atoms. The lowest BCUT2D eigenvalue weighted by Gasteiger charge is -2.26. The van der Waals surface area contributed by atoms with E-state index in [2.05, 4.69) is 0 Å². The topological polar surface area (TPSA) is 12.5 Å². The van der Waals surface area contributed by atoms with Crippen LogP contribution >= 0.6 is 0 Å². The summed E-state index contributed by atoms with van der Waals surface area (Å²) in [6, 6.07) is 1.34. The third-order valence-electron chi connectivity index (χ3n) is 2.35. The lowest BCUT2D eigenvalue weighted by atomic mass is 10.1. The molecule has 2 nitrogen and oxygen atoms in total.